The Balaban J connectivity index is 1.77. The van der Waals surface area contributed by atoms with Crippen molar-refractivity contribution in [1.82, 2.24) is 0 Å². The summed E-state index contributed by atoms with van der Waals surface area (Å²) in [5.74, 6) is -2.13. The molecule has 2 atom stereocenters. The van der Waals surface area contributed by atoms with Gasteiger partial charge in [0.05, 0.1) is 19.6 Å². The summed E-state index contributed by atoms with van der Waals surface area (Å²) in [6.45, 7) is 2.00. The van der Waals surface area contributed by atoms with Gasteiger partial charge in [-0.1, -0.05) is 35.5 Å². The number of hydrogen-bond acceptors (Lipinski definition) is 6. The van der Waals surface area contributed by atoms with Gasteiger partial charge in [0, 0.05) is 5.56 Å². The van der Waals surface area contributed by atoms with Gasteiger partial charge in [0.1, 0.15) is 16.9 Å². The molecule has 28 heavy (non-hydrogen) atoms. The van der Waals surface area contributed by atoms with Crippen LogP contribution in [-0.4, -0.2) is 36.3 Å². The number of esters is 1. The van der Waals surface area contributed by atoms with Crippen LogP contribution in [0.4, 0.5) is 0 Å². The van der Waals surface area contributed by atoms with E-state index in [9.17, 15) is 9.90 Å². The van der Waals surface area contributed by atoms with Gasteiger partial charge in [0.15, 0.2) is 0 Å². The van der Waals surface area contributed by atoms with Crippen LogP contribution < -0.4 is 4.74 Å². The van der Waals surface area contributed by atoms with Crippen LogP contribution in [0, 0.1) is 5.41 Å². The first-order valence-corrected chi connectivity index (χ1v) is 9.41. The fraction of sp³-hybridized carbons (Fsp3) is 0.364. The van der Waals surface area contributed by atoms with E-state index >= 15 is 0 Å². The van der Waals surface area contributed by atoms with E-state index in [4.69, 9.17) is 14.3 Å². The quantitative estimate of drug-likeness (QED) is 0.778. The van der Waals surface area contributed by atoms with Gasteiger partial charge in [0.25, 0.3) is 5.79 Å². The Labute approximate surface area is 163 Å². The number of aliphatic hydroxyl groups is 1. The van der Waals surface area contributed by atoms with Crippen molar-refractivity contribution in [2.45, 2.75) is 31.5 Å². The Bertz CT molecular complexity index is 889. The number of rotatable bonds is 6. The zero-order valence-corrected chi connectivity index (χ0v) is 15.9. The Kier molecular flexibility index (Phi) is 4.59. The molecule has 0 bridgehead atoms. The highest BCUT2D eigenvalue weighted by Gasteiger charge is 2.73. The number of nitrogens with zero attached hydrogens (tertiary/aromatic N) is 1. The molecule has 0 amide bonds. The van der Waals surface area contributed by atoms with Crippen molar-refractivity contribution < 1.29 is 24.2 Å². The minimum Gasteiger partial charge on any atom is -0.497 e. The summed E-state index contributed by atoms with van der Waals surface area (Å²) in [5, 5.41) is 15.9. The molecule has 0 saturated heterocycles. The SMILES string of the molecule is CCOC(=O)C1(C2(O)ON=C(c3ccc(OC)cc3)C2c2ccccc2)CC1. The van der Waals surface area contributed by atoms with Crippen molar-refractivity contribution in [3.63, 3.8) is 0 Å². The topological polar surface area (TPSA) is 77.4 Å². The maximum Gasteiger partial charge on any atom is 0.318 e. The first-order chi connectivity index (χ1) is 13.6. The Morgan fingerprint density at radius 3 is 2.43 bits per heavy atom. The third-order valence-corrected chi connectivity index (χ3v) is 5.57. The van der Waals surface area contributed by atoms with Gasteiger partial charge in [-0.05, 0) is 49.6 Å². The lowest BCUT2D eigenvalue weighted by Crippen LogP contribution is -2.50. The third kappa shape index (κ3) is 2.76. The molecule has 1 aliphatic heterocycles. The van der Waals surface area contributed by atoms with Crippen LogP contribution in [0.25, 0.3) is 0 Å². The molecule has 1 saturated carbocycles. The van der Waals surface area contributed by atoms with Gasteiger partial charge in [-0.3, -0.25) is 4.79 Å². The van der Waals surface area contributed by atoms with E-state index in [2.05, 4.69) is 5.16 Å². The highest BCUT2D eigenvalue weighted by molar-refractivity contribution is 6.07. The van der Waals surface area contributed by atoms with Crippen molar-refractivity contribution in [2.75, 3.05) is 13.7 Å². The molecule has 2 aliphatic rings. The Morgan fingerprint density at radius 2 is 1.86 bits per heavy atom. The largest absolute Gasteiger partial charge is 0.497 e. The zero-order chi connectivity index (χ0) is 19.8. The van der Waals surface area contributed by atoms with Crippen LogP contribution in [0.5, 0.6) is 5.75 Å². The minimum absolute atomic E-state index is 0.249. The van der Waals surface area contributed by atoms with Gasteiger partial charge in [-0.15, -0.1) is 0 Å². The monoisotopic (exact) mass is 381 g/mol. The van der Waals surface area contributed by atoms with Crippen LogP contribution in [0.15, 0.2) is 59.8 Å². The van der Waals surface area contributed by atoms with E-state index in [-0.39, 0.29) is 6.61 Å². The van der Waals surface area contributed by atoms with Gasteiger partial charge in [-0.2, -0.15) is 0 Å². The summed E-state index contributed by atoms with van der Waals surface area (Å²) >= 11 is 0. The van der Waals surface area contributed by atoms with Crippen molar-refractivity contribution in [3.8, 4) is 5.75 Å². The van der Waals surface area contributed by atoms with E-state index in [0.29, 0.717) is 18.6 Å². The second kappa shape index (κ2) is 6.95. The second-order valence-electron chi connectivity index (χ2n) is 7.14. The van der Waals surface area contributed by atoms with Gasteiger partial charge in [-0.25, -0.2) is 0 Å². The predicted molar refractivity (Wildman–Crippen MR) is 103 cm³/mol. The van der Waals surface area contributed by atoms with E-state index < -0.39 is 23.1 Å². The van der Waals surface area contributed by atoms with Crippen molar-refractivity contribution in [3.05, 3.63) is 65.7 Å². The molecule has 1 fully saturated rings. The molecule has 2 aromatic rings. The number of ether oxygens (including phenoxy) is 2. The Hall–Kier alpha value is -2.86. The van der Waals surface area contributed by atoms with E-state index in [1.165, 1.54) is 0 Å². The lowest BCUT2D eigenvalue weighted by atomic mass is 9.76. The molecule has 6 heteroatoms. The number of hydrogen-bond donors (Lipinski definition) is 1. The molecule has 0 spiro atoms. The molecule has 1 aliphatic carbocycles. The molecule has 4 rings (SSSR count). The van der Waals surface area contributed by atoms with E-state index in [1.54, 1.807) is 14.0 Å². The smallest absolute Gasteiger partial charge is 0.318 e. The Morgan fingerprint density at radius 1 is 1.18 bits per heavy atom. The van der Waals surface area contributed by atoms with Crippen LogP contribution in [0.2, 0.25) is 0 Å². The molecule has 146 valence electrons. The summed E-state index contributed by atoms with van der Waals surface area (Å²) in [5.41, 5.74) is 1.09. The van der Waals surface area contributed by atoms with Gasteiger partial charge < -0.3 is 19.4 Å². The number of carbonyl (C=O) groups is 1. The fourth-order valence-electron chi connectivity index (χ4n) is 3.89. The summed E-state index contributed by atoms with van der Waals surface area (Å²) in [6.07, 6.45) is 0.994. The third-order valence-electron chi connectivity index (χ3n) is 5.57. The summed E-state index contributed by atoms with van der Waals surface area (Å²) in [4.78, 5) is 18.3. The van der Waals surface area contributed by atoms with Crippen LogP contribution in [-0.2, 0) is 14.4 Å². The highest BCUT2D eigenvalue weighted by Crippen LogP contribution is 2.62. The average molecular weight is 381 g/mol. The van der Waals surface area contributed by atoms with Crippen molar-refractivity contribution in [2.24, 2.45) is 10.6 Å². The standard InChI is InChI=1S/C22H23NO5/c1-3-27-20(24)21(13-14-21)22(25)18(15-7-5-4-6-8-15)19(23-28-22)16-9-11-17(26-2)12-10-16/h4-12,18,25H,3,13-14H2,1-2H3. The van der Waals surface area contributed by atoms with Gasteiger partial charge >= 0.3 is 5.97 Å². The lowest BCUT2D eigenvalue weighted by molar-refractivity contribution is -0.243. The molecule has 2 unspecified atom stereocenters. The molecule has 6 nitrogen and oxygen atoms in total. The summed E-state index contributed by atoms with van der Waals surface area (Å²) in [6, 6.07) is 16.9. The predicted octanol–water partition coefficient (Wildman–Crippen LogP) is 3.25. The summed E-state index contributed by atoms with van der Waals surface area (Å²) < 4.78 is 10.5. The minimum atomic E-state index is -1.80. The van der Waals surface area contributed by atoms with Crippen LogP contribution in [0.3, 0.4) is 0 Å². The number of methoxy groups -OCH3 is 1. The maximum atomic E-state index is 12.7. The lowest BCUT2D eigenvalue weighted by Gasteiger charge is -2.34. The molecular formula is C22H23NO5. The molecule has 1 N–H and O–H groups in total. The highest BCUT2D eigenvalue weighted by atomic mass is 16.7. The molecular weight excluding hydrogens is 358 g/mol. The number of oxime groups is 1. The molecule has 2 aromatic carbocycles. The fourth-order valence-corrected chi connectivity index (χ4v) is 3.89. The van der Waals surface area contributed by atoms with Gasteiger partial charge in [0.2, 0.25) is 0 Å². The van der Waals surface area contributed by atoms with Crippen LogP contribution in [0.1, 0.15) is 36.8 Å². The van der Waals surface area contributed by atoms with Crippen molar-refractivity contribution in [1.29, 1.82) is 0 Å². The van der Waals surface area contributed by atoms with Crippen molar-refractivity contribution >= 4 is 11.7 Å². The molecule has 1 heterocycles. The number of carbonyl (C=O) groups excluding carboxylic acids is 1. The summed E-state index contributed by atoms with van der Waals surface area (Å²) in [7, 11) is 1.60. The van der Waals surface area contributed by atoms with E-state index in [0.717, 1.165) is 16.9 Å². The van der Waals surface area contributed by atoms with Crippen LogP contribution >= 0.6 is 0 Å². The zero-order valence-electron chi connectivity index (χ0n) is 15.9. The second-order valence-corrected chi connectivity index (χ2v) is 7.14. The average Bonchev–Trinajstić information content (AvgIpc) is 3.48. The molecule has 0 aromatic heterocycles. The maximum absolute atomic E-state index is 12.7. The normalized spacial score (nSPS) is 24.8. The first kappa shape index (κ1) is 18.5. The number of benzene rings is 2. The first-order valence-electron chi connectivity index (χ1n) is 9.41. The molecule has 0 radical (unpaired) electrons. The van der Waals surface area contributed by atoms with E-state index in [1.807, 2.05) is 54.6 Å².